The van der Waals surface area contributed by atoms with E-state index in [2.05, 4.69) is 55.8 Å². The van der Waals surface area contributed by atoms with Gasteiger partial charge in [0.1, 0.15) is 5.75 Å². The fourth-order valence-electron chi connectivity index (χ4n) is 1.83. The summed E-state index contributed by atoms with van der Waals surface area (Å²) in [5.74, 6) is 1.01. The topological polar surface area (TPSA) is 35.2 Å². The molecule has 0 saturated heterocycles. The lowest BCUT2D eigenvalue weighted by Crippen LogP contribution is -2.22. The molecule has 1 aromatic carbocycles. The first-order valence-corrected chi connectivity index (χ1v) is 7.48. The van der Waals surface area contributed by atoms with E-state index >= 15 is 0 Å². The first-order valence-electron chi connectivity index (χ1n) is 6.69. The molecule has 1 rings (SSSR count). The molecule has 2 N–H and O–H groups in total. The Morgan fingerprint density at radius 1 is 1.28 bits per heavy atom. The molecular weight excluding hydrogens is 290 g/mol. The highest BCUT2D eigenvalue weighted by atomic mass is 79.9. The van der Waals surface area contributed by atoms with E-state index in [1.165, 1.54) is 11.1 Å². The molecular formula is C15H24BrNO. The summed E-state index contributed by atoms with van der Waals surface area (Å²) in [4.78, 5) is 0. The van der Waals surface area contributed by atoms with Crippen LogP contribution in [0.2, 0.25) is 0 Å². The van der Waals surface area contributed by atoms with Crippen LogP contribution in [0.4, 0.5) is 0 Å². The average molecular weight is 314 g/mol. The molecule has 2 atom stereocenters. The van der Waals surface area contributed by atoms with E-state index < -0.39 is 0 Å². The minimum Gasteiger partial charge on any atom is -0.490 e. The number of hydrogen-bond acceptors (Lipinski definition) is 2. The van der Waals surface area contributed by atoms with Crippen molar-refractivity contribution in [2.75, 3.05) is 0 Å². The number of nitrogens with two attached hydrogens (primary N) is 1. The van der Waals surface area contributed by atoms with Crippen LogP contribution in [-0.4, -0.2) is 12.1 Å². The smallest absolute Gasteiger partial charge is 0.125 e. The van der Waals surface area contributed by atoms with Gasteiger partial charge in [0.05, 0.1) is 6.10 Å². The third kappa shape index (κ3) is 4.29. The maximum atomic E-state index is 6.07. The van der Waals surface area contributed by atoms with Crippen molar-refractivity contribution in [3.05, 3.63) is 27.7 Å². The average Bonchev–Trinajstić information content (AvgIpc) is 2.32. The van der Waals surface area contributed by atoms with Gasteiger partial charge in [0.25, 0.3) is 0 Å². The summed E-state index contributed by atoms with van der Waals surface area (Å²) < 4.78 is 7.14. The van der Waals surface area contributed by atoms with Crippen molar-refractivity contribution in [1.29, 1.82) is 0 Å². The van der Waals surface area contributed by atoms with Crippen LogP contribution >= 0.6 is 15.9 Å². The minimum absolute atomic E-state index is 0.193. The van der Waals surface area contributed by atoms with Crippen LogP contribution in [-0.2, 0) is 6.42 Å². The van der Waals surface area contributed by atoms with Crippen molar-refractivity contribution < 1.29 is 4.74 Å². The second kappa shape index (κ2) is 7.15. The lowest BCUT2D eigenvalue weighted by Gasteiger charge is -2.20. The molecule has 102 valence electrons. The van der Waals surface area contributed by atoms with Gasteiger partial charge in [-0.05, 0) is 56.4 Å². The lowest BCUT2D eigenvalue weighted by molar-refractivity contribution is 0.213. The summed E-state index contributed by atoms with van der Waals surface area (Å²) in [5, 5.41) is 0. The number of halogens is 1. The van der Waals surface area contributed by atoms with Crippen molar-refractivity contribution >= 4 is 15.9 Å². The molecule has 1 aromatic rings. The molecule has 2 nitrogen and oxygen atoms in total. The van der Waals surface area contributed by atoms with Crippen LogP contribution in [0, 0.1) is 6.92 Å². The summed E-state index contributed by atoms with van der Waals surface area (Å²) >= 11 is 3.55. The Hall–Kier alpha value is -0.540. The highest BCUT2D eigenvalue weighted by Gasteiger charge is 2.13. The van der Waals surface area contributed by atoms with Crippen molar-refractivity contribution in [2.45, 2.75) is 59.1 Å². The Balaban J connectivity index is 3.04. The Morgan fingerprint density at radius 2 is 1.94 bits per heavy atom. The van der Waals surface area contributed by atoms with Gasteiger partial charge >= 0.3 is 0 Å². The standard InChI is InChI=1S/C15H24BrNO/c1-5-11(4)18-15-10(3)7-13(16)8-12(15)9-14(17)6-2/h7-8,11,14H,5-6,9,17H2,1-4H3. The molecule has 0 saturated carbocycles. The molecule has 0 aliphatic carbocycles. The Morgan fingerprint density at radius 3 is 2.50 bits per heavy atom. The number of hydrogen-bond donors (Lipinski definition) is 1. The van der Waals surface area contributed by atoms with Gasteiger partial charge in [-0.2, -0.15) is 0 Å². The van der Waals surface area contributed by atoms with E-state index in [-0.39, 0.29) is 12.1 Å². The Bertz CT molecular complexity index is 392. The first kappa shape index (κ1) is 15.5. The van der Waals surface area contributed by atoms with E-state index in [1.54, 1.807) is 0 Å². The van der Waals surface area contributed by atoms with Crippen LogP contribution in [0.15, 0.2) is 16.6 Å². The predicted molar refractivity (Wildman–Crippen MR) is 81.2 cm³/mol. The van der Waals surface area contributed by atoms with Gasteiger partial charge < -0.3 is 10.5 Å². The fourth-order valence-corrected chi connectivity index (χ4v) is 2.45. The van der Waals surface area contributed by atoms with Crippen molar-refractivity contribution in [2.24, 2.45) is 5.73 Å². The van der Waals surface area contributed by atoms with Crippen LogP contribution in [0.25, 0.3) is 0 Å². The molecule has 0 aliphatic heterocycles. The zero-order valence-electron chi connectivity index (χ0n) is 11.8. The molecule has 18 heavy (non-hydrogen) atoms. The lowest BCUT2D eigenvalue weighted by atomic mass is 10.0. The van der Waals surface area contributed by atoms with Crippen molar-refractivity contribution in [1.82, 2.24) is 0 Å². The number of aryl methyl sites for hydroxylation is 1. The SMILES string of the molecule is CCC(N)Cc1cc(Br)cc(C)c1OC(C)CC. The van der Waals surface area contributed by atoms with Gasteiger partial charge in [-0.15, -0.1) is 0 Å². The molecule has 0 aliphatic rings. The number of benzene rings is 1. The van der Waals surface area contributed by atoms with Crippen LogP contribution in [0.3, 0.4) is 0 Å². The van der Waals surface area contributed by atoms with Gasteiger partial charge in [0, 0.05) is 10.5 Å². The van der Waals surface area contributed by atoms with Gasteiger partial charge in [-0.3, -0.25) is 0 Å². The number of ether oxygens (including phenoxy) is 1. The van der Waals surface area contributed by atoms with Crippen molar-refractivity contribution in [3.8, 4) is 5.75 Å². The van der Waals surface area contributed by atoms with Crippen LogP contribution in [0.1, 0.15) is 44.7 Å². The maximum Gasteiger partial charge on any atom is 0.125 e. The zero-order valence-corrected chi connectivity index (χ0v) is 13.4. The van der Waals surface area contributed by atoms with E-state index in [0.717, 1.165) is 29.5 Å². The van der Waals surface area contributed by atoms with Gasteiger partial charge in [0.15, 0.2) is 0 Å². The predicted octanol–water partition coefficient (Wildman–Crippen LogP) is 4.21. The second-order valence-corrected chi connectivity index (χ2v) is 5.84. The molecule has 3 heteroatoms. The van der Waals surface area contributed by atoms with E-state index in [0.29, 0.717) is 0 Å². The summed E-state index contributed by atoms with van der Waals surface area (Å²) in [6, 6.07) is 4.41. The molecule has 0 heterocycles. The highest BCUT2D eigenvalue weighted by molar-refractivity contribution is 9.10. The summed E-state index contributed by atoms with van der Waals surface area (Å²) in [6.07, 6.45) is 3.09. The molecule has 0 fully saturated rings. The van der Waals surface area contributed by atoms with Gasteiger partial charge in [0.2, 0.25) is 0 Å². The molecule has 0 spiro atoms. The maximum absolute atomic E-state index is 6.07. The van der Waals surface area contributed by atoms with Gasteiger partial charge in [-0.25, -0.2) is 0 Å². The second-order valence-electron chi connectivity index (χ2n) is 4.92. The summed E-state index contributed by atoms with van der Waals surface area (Å²) in [7, 11) is 0. The molecule has 0 aromatic heterocycles. The summed E-state index contributed by atoms with van der Waals surface area (Å²) in [5.41, 5.74) is 8.44. The molecule has 0 amide bonds. The Labute approximate surface area is 119 Å². The van der Waals surface area contributed by atoms with Crippen LogP contribution < -0.4 is 10.5 Å². The third-order valence-corrected chi connectivity index (χ3v) is 3.67. The normalized spacial score (nSPS) is 14.3. The van der Waals surface area contributed by atoms with Crippen molar-refractivity contribution in [3.63, 3.8) is 0 Å². The molecule has 2 unspecified atom stereocenters. The largest absolute Gasteiger partial charge is 0.490 e. The summed E-state index contributed by atoms with van der Waals surface area (Å²) in [6.45, 7) is 8.44. The molecule has 0 bridgehead atoms. The van der Waals surface area contributed by atoms with E-state index in [1.807, 2.05) is 0 Å². The zero-order chi connectivity index (χ0) is 13.7. The van der Waals surface area contributed by atoms with E-state index in [9.17, 15) is 0 Å². The third-order valence-electron chi connectivity index (χ3n) is 3.22. The monoisotopic (exact) mass is 313 g/mol. The Kier molecular flexibility index (Phi) is 6.16. The fraction of sp³-hybridized carbons (Fsp3) is 0.600. The molecule has 0 radical (unpaired) electrons. The van der Waals surface area contributed by atoms with E-state index in [4.69, 9.17) is 10.5 Å². The first-order chi connectivity index (χ1) is 8.47. The quantitative estimate of drug-likeness (QED) is 0.853. The number of rotatable bonds is 6. The minimum atomic E-state index is 0.193. The van der Waals surface area contributed by atoms with Gasteiger partial charge in [-0.1, -0.05) is 29.8 Å². The highest BCUT2D eigenvalue weighted by Crippen LogP contribution is 2.30. The van der Waals surface area contributed by atoms with Crippen LogP contribution in [0.5, 0.6) is 5.75 Å².